The maximum absolute atomic E-state index is 12.0. The Bertz CT molecular complexity index is 674. The van der Waals surface area contributed by atoms with Gasteiger partial charge >= 0.3 is 0 Å². The van der Waals surface area contributed by atoms with Crippen molar-refractivity contribution >= 4 is 11.8 Å². The van der Waals surface area contributed by atoms with Crippen LogP contribution in [0.4, 0.5) is 0 Å². The molecule has 2 N–H and O–H groups in total. The predicted octanol–water partition coefficient (Wildman–Crippen LogP) is 1.17. The van der Waals surface area contributed by atoms with Crippen molar-refractivity contribution in [3.8, 4) is 11.5 Å². The number of carbonyl (C=O) groups is 2. The van der Waals surface area contributed by atoms with E-state index in [1.807, 2.05) is 0 Å². The Balaban J connectivity index is 2.02. The molecule has 0 spiro atoms. The molecule has 0 aliphatic rings. The number of hydrogen-bond donors (Lipinski definition) is 2. The van der Waals surface area contributed by atoms with Crippen LogP contribution in [0.1, 0.15) is 20.8 Å². The second-order valence-corrected chi connectivity index (χ2v) is 4.19. The van der Waals surface area contributed by atoms with Crippen LogP contribution in [0.25, 0.3) is 0 Å². The average Bonchev–Trinajstić information content (AvgIpc) is 2.59. The van der Waals surface area contributed by atoms with E-state index in [2.05, 4.69) is 15.8 Å². The number of pyridine rings is 1. The largest absolute Gasteiger partial charge is 0.493 e. The summed E-state index contributed by atoms with van der Waals surface area (Å²) in [5, 5.41) is 0. The topological polar surface area (TPSA) is 89.6 Å². The minimum Gasteiger partial charge on any atom is -0.493 e. The van der Waals surface area contributed by atoms with Crippen LogP contribution in [0.15, 0.2) is 42.6 Å². The Morgan fingerprint density at radius 2 is 1.68 bits per heavy atom. The van der Waals surface area contributed by atoms with Gasteiger partial charge in [0, 0.05) is 11.8 Å². The Morgan fingerprint density at radius 1 is 0.955 bits per heavy atom. The molecule has 22 heavy (non-hydrogen) atoms. The fourth-order valence-electron chi connectivity index (χ4n) is 1.72. The van der Waals surface area contributed by atoms with Crippen molar-refractivity contribution in [3.05, 3.63) is 53.9 Å². The van der Waals surface area contributed by atoms with E-state index in [1.54, 1.807) is 24.3 Å². The maximum atomic E-state index is 12.0. The average molecular weight is 301 g/mol. The molecule has 1 aromatic heterocycles. The van der Waals surface area contributed by atoms with Gasteiger partial charge in [0.05, 0.1) is 14.2 Å². The molecule has 7 nitrogen and oxygen atoms in total. The van der Waals surface area contributed by atoms with Crippen molar-refractivity contribution in [2.45, 2.75) is 0 Å². The highest BCUT2D eigenvalue weighted by atomic mass is 16.5. The first-order valence-electron chi connectivity index (χ1n) is 6.39. The predicted molar refractivity (Wildman–Crippen MR) is 78.7 cm³/mol. The number of benzene rings is 1. The molecule has 1 aromatic carbocycles. The van der Waals surface area contributed by atoms with Crippen molar-refractivity contribution < 1.29 is 19.1 Å². The molecule has 2 aromatic rings. The number of nitrogens with one attached hydrogen (secondary N) is 2. The first kappa shape index (κ1) is 15.3. The van der Waals surface area contributed by atoms with E-state index in [0.717, 1.165) is 0 Å². The molecule has 0 bridgehead atoms. The molecule has 0 unspecified atom stereocenters. The summed E-state index contributed by atoms with van der Waals surface area (Å²) in [5.74, 6) is -0.0533. The summed E-state index contributed by atoms with van der Waals surface area (Å²) in [6.45, 7) is 0. The first-order chi connectivity index (χ1) is 10.7. The normalized spacial score (nSPS) is 9.73. The summed E-state index contributed by atoms with van der Waals surface area (Å²) in [7, 11) is 2.98. The molecule has 7 heteroatoms. The Kier molecular flexibility index (Phi) is 4.92. The molecule has 0 atom stereocenters. The second kappa shape index (κ2) is 7.07. The highest BCUT2D eigenvalue weighted by Gasteiger charge is 2.12. The summed E-state index contributed by atoms with van der Waals surface area (Å²) in [5.41, 5.74) is 5.12. The zero-order valence-corrected chi connectivity index (χ0v) is 12.1. The first-order valence-corrected chi connectivity index (χ1v) is 6.39. The van der Waals surface area contributed by atoms with Gasteiger partial charge in [-0.15, -0.1) is 0 Å². The van der Waals surface area contributed by atoms with Crippen molar-refractivity contribution in [2.24, 2.45) is 0 Å². The monoisotopic (exact) mass is 301 g/mol. The number of nitrogens with zero attached hydrogens (tertiary/aromatic N) is 1. The van der Waals surface area contributed by atoms with Crippen molar-refractivity contribution in [1.82, 2.24) is 15.8 Å². The van der Waals surface area contributed by atoms with E-state index in [0.29, 0.717) is 17.1 Å². The Labute approximate surface area is 127 Å². The fraction of sp³-hybridized carbons (Fsp3) is 0.133. The summed E-state index contributed by atoms with van der Waals surface area (Å²) in [6, 6.07) is 9.59. The lowest BCUT2D eigenvalue weighted by Crippen LogP contribution is -2.41. The molecule has 0 saturated carbocycles. The van der Waals surface area contributed by atoms with Crippen LogP contribution in [-0.2, 0) is 0 Å². The number of rotatable bonds is 4. The number of hydrazine groups is 1. The Hall–Kier alpha value is -3.09. The van der Waals surface area contributed by atoms with Gasteiger partial charge in [0.1, 0.15) is 5.69 Å². The summed E-state index contributed by atoms with van der Waals surface area (Å²) < 4.78 is 10.2. The minimum absolute atomic E-state index is 0.204. The van der Waals surface area contributed by atoms with Crippen LogP contribution >= 0.6 is 0 Å². The minimum atomic E-state index is -0.505. The molecular weight excluding hydrogens is 286 g/mol. The number of carbonyl (C=O) groups excluding carboxylic acids is 2. The van der Waals surface area contributed by atoms with Gasteiger partial charge < -0.3 is 9.47 Å². The summed E-state index contributed by atoms with van der Waals surface area (Å²) in [6.07, 6.45) is 1.49. The quantitative estimate of drug-likeness (QED) is 0.828. The molecule has 1 heterocycles. The van der Waals surface area contributed by atoms with Crippen molar-refractivity contribution in [3.63, 3.8) is 0 Å². The standard InChI is InChI=1S/C15H15N3O4/c1-21-12-7-6-10(9-13(12)22-2)14(19)17-18-15(20)11-5-3-4-8-16-11/h3-9H,1-2H3,(H,17,19)(H,18,20). The third-order valence-corrected chi connectivity index (χ3v) is 2.83. The van der Waals surface area contributed by atoms with Gasteiger partial charge in [-0.3, -0.25) is 25.4 Å². The van der Waals surface area contributed by atoms with Crippen molar-refractivity contribution in [2.75, 3.05) is 14.2 Å². The second-order valence-electron chi connectivity index (χ2n) is 4.19. The van der Waals surface area contributed by atoms with Crippen LogP contribution < -0.4 is 20.3 Å². The SMILES string of the molecule is COc1ccc(C(=O)NNC(=O)c2ccccn2)cc1OC. The van der Waals surface area contributed by atoms with Crippen LogP contribution in [-0.4, -0.2) is 31.0 Å². The summed E-state index contributed by atoms with van der Waals surface area (Å²) >= 11 is 0. The molecule has 2 rings (SSSR count). The van der Waals surface area contributed by atoms with Gasteiger partial charge in [-0.2, -0.15) is 0 Å². The lowest BCUT2D eigenvalue weighted by atomic mass is 10.2. The van der Waals surface area contributed by atoms with Gasteiger partial charge in [0.2, 0.25) is 0 Å². The number of aromatic nitrogens is 1. The van der Waals surface area contributed by atoms with Gasteiger partial charge in [-0.1, -0.05) is 6.07 Å². The molecule has 0 radical (unpaired) electrons. The zero-order valence-electron chi connectivity index (χ0n) is 12.1. The molecule has 2 amide bonds. The molecule has 0 aliphatic carbocycles. The van der Waals surface area contributed by atoms with Crippen LogP contribution in [0.3, 0.4) is 0 Å². The number of amides is 2. The van der Waals surface area contributed by atoms with Crippen molar-refractivity contribution in [1.29, 1.82) is 0 Å². The number of ether oxygens (including phenoxy) is 2. The van der Waals surface area contributed by atoms with Crippen LogP contribution in [0.5, 0.6) is 11.5 Å². The Morgan fingerprint density at radius 3 is 2.32 bits per heavy atom. The van der Waals surface area contributed by atoms with E-state index in [4.69, 9.17) is 9.47 Å². The van der Waals surface area contributed by atoms with E-state index < -0.39 is 11.8 Å². The number of hydrogen-bond acceptors (Lipinski definition) is 5. The molecule has 0 saturated heterocycles. The van der Waals surface area contributed by atoms with E-state index in [-0.39, 0.29) is 5.69 Å². The van der Waals surface area contributed by atoms with Gasteiger partial charge in [0.25, 0.3) is 11.8 Å². The molecule has 0 fully saturated rings. The zero-order chi connectivity index (χ0) is 15.9. The van der Waals surface area contributed by atoms with Crippen LogP contribution in [0.2, 0.25) is 0 Å². The van der Waals surface area contributed by atoms with E-state index >= 15 is 0 Å². The van der Waals surface area contributed by atoms with Gasteiger partial charge in [-0.05, 0) is 30.3 Å². The van der Waals surface area contributed by atoms with Crippen LogP contribution in [0, 0.1) is 0 Å². The fourth-order valence-corrected chi connectivity index (χ4v) is 1.72. The summed E-state index contributed by atoms with van der Waals surface area (Å²) in [4.78, 5) is 27.7. The van der Waals surface area contributed by atoms with E-state index in [9.17, 15) is 9.59 Å². The van der Waals surface area contributed by atoms with Gasteiger partial charge in [-0.25, -0.2) is 0 Å². The maximum Gasteiger partial charge on any atom is 0.288 e. The lowest BCUT2D eigenvalue weighted by molar-refractivity contribution is 0.0844. The van der Waals surface area contributed by atoms with E-state index in [1.165, 1.54) is 32.5 Å². The smallest absolute Gasteiger partial charge is 0.288 e. The number of methoxy groups -OCH3 is 2. The molecule has 114 valence electrons. The molecule has 0 aliphatic heterocycles. The molecular formula is C15H15N3O4. The highest BCUT2D eigenvalue weighted by Crippen LogP contribution is 2.27. The highest BCUT2D eigenvalue weighted by molar-refractivity contribution is 5.98. The van der Waals surface area contributed by atoms with Gasteiger partial charge in [0.15, 0.2) is 11.5 Å². The third-order valence-electron chi connectivity index (χ3n) is 2.83. The lowest BCUT2D eigenvalue weighted by Gasteiger charge is -2.10. The third kappa shape index (κ3) is 3.51.